The number of benzene rings is 1. The highest BCUT2D eigenvalue weighted by Crippen LogP contribution is 2.38. The van der Waals surface area contributed by atoms with Crippen molar-refractivity contribution in [2.75, 3.05) is 13.1 Å². The van der Waals surface area contributed by atoms with Crippen molar-refractivity contribution in [1.82, 2.24) is 24.1 Å². The van der Waals surface area contributed by atoms with Gasteiger partial charge in [-0.05, 0) is 87.4 Å². The number of likely N-dealkylation sites (tertiary alicyclic amines) is 1. The van der Waals surface area contributed by atoms with Gasteiger partial charge in [0.2, 0.25) is 0 Å². The normalized spacial score (nSPS) is 17.1. The molecule has 2 amide bonds. The number of piperidine rings is 1. The number of carbonyl (C=O) groups is 2. The minimum absolute atomic E-state index is 0.0835. The van der Waals surface area contributed by atoms with Crippen molar-refractivity contribution in [3.63, 3.8) is 0 Å². The van der Waals surface area contributed by atoms with Crippen molar-refractivity contribution in [2.24, 2.45) is 17.4 Å². The summed E-state index contributed by atoms with van der Waals surface area (Å²) in [5.74, 6) is -1.81. The number of primary amides is 1. The van der Waals surface area contributed by atoms with Crippen LogP contribution in [-0.2, 0) is 6.54 Å². The van der Waals surface area contributed by atoms with E-state index in [1.165, 1.54) is 22.7 Å². The second-order valence-electron chi connectivity index (χ2n) is 12.2. The van der Waals surface area contributed by atoms with Crippen LogP contribution in [0.15, 0.2) is 42.6 Å². The molecule has 7 rings (SSSR count). The molecule has 0 unspecified atom stereocenters. The van der Waals surface area contributed by atoms with E-state index in [4.69, 9.17) is 21.5 Å². The zero-order chi connectivity index (χ0) is 30.9. The molecule has 1 atom stereocenters. The van der Waals surface area contributed by atoms with E-state index >= 15 is 4.39 Å². The quantitative estimate of drug-likeness (QED) is 0.286. The summed E-state index contributed by atoms with van der Waals surface area (Å²) in [5, 5.41) is 5.67. The SMILES string of the molecule is Cc1cc(C(N)=O)c(F)cc1-c1ccc2cc(-c3nn4cc(C(=O)N5CCC[C@@H](N)C5)cc(F)c4c3C)n(CC3CC3)c2n1. The van der Waals surface area contributed by atoms with E-state index in [2.05, 4.69) is 4.57 Å². The molecule has 1 aliphatic carbocycles. The number of halogens is 2. The molecule has 0 bridgehead atoms. The molecular formula is C33H33F2N7O2. The summed E-state index contributed by atoms with van der Waals surface area (Å²) in [4.78, 5) is 31.5. The molecule has 0 spiro atoms. The van der Waals surface area contributed by atoms with E-state index in [1.54, 1.807) is 18.0 Å². The van der Waals surface area contributed by atoms with Gasteiger partial charge in [0.1, 0.15) is 28.5 Å². The summed E-state index contributed by atoms with van der Waals surface area (Å²) in [5.41, 5.74) is 16.3. The van der Waals surface area contributed by atoms with Crippen LogP contribution < -0.4 is 11.5 Å². The van der Waals surface area contributed by atoms with Gasteiger partial charge in [0.05, 0.1) is 22.5 Å². The monoisotopic (exact) mass is 597 g/mol. The average molecular weight is 598 g/mol. The van der Waals surface area contributed by atoms with E-state index in [-0.39, 0.29) is 23.1 Å². The summed E-state index contributed by atoms with van der Waals surface area (Å²) in [6.07, 6.45) is 5.47. The molecule has 0 radical (unpaired) electrons. The van der Waals surface area contributed by atoms with Gasteiger partial charge < -0.3 is 20.9 Å². The van der Waals surface area contributed by atoms with E-state index in [9.17, 15) is 14.0 Å². The minimum Gasteiger partial charge on any atom is -0.366 e. The Labute approximate surface area is 252 Å². The third-order valence-electron chi connectivity index (χ3n) is 8.89. The van der Waals surface area contributed by atoms with Gasteiger partial charge in [-0.1, -0.05) is 0 Å². The van der Waals surface area contributed by atoms with Crippen molar-refractivity contribution in [3.8, 4) is 22.6 Å². The Morgan fingerprint density at radius 2 is 1.84 bits per heavy atom. The first-order chi connectivity index (χ1) is 21.1. The van der Waals surface area contributed by atoms with Crippen LogP contribution in [-0.4, -0.2) is 55.0 Å². The number of aryl methyl sites for hydroxylation is 2. The van der Waals surface area contributed by atoms with E-state index in [0.29, 0.717) is 64.8 Å². The molecule has 2 fully saturated rings. The number of pyridine rings is 2. The van der Waals surface area contributed by atoms with Crippen LogP contribution in [0, 0.1) is 31.4 Å². The Bertz CT molecular complexity index is 1990. The lowest BCUT2D eigenvalue weighted by atomic mass is 10.0. The van der Waals surface area contributed by atoms with Gasteiger partial charge in [0.15, 0.2) is 0 Å². The first-order valence-corrected chi connectivity index (χ1v) is 14.9. The smallest absolute Gasteiger partial charge is 0.255 e. The highest BCUT2D eigenvalue weighted by Gasteiger charge is 2.28. The predicted molar refractivity (Wildman–Crippen MR) is 163 cm³/mol. The van der Waals surface area contributed by atoms with Crippen LogP contribution in [0.1, 0.15) is 57.5 Å². The van der Waals surface area contributed by atoms with Crippen LogP contribution in [0.25, 0.3) is 39.2 Å². The third kappa shape index (κ3) is 4.81. The lowest BCUT2D eigenvalue weighted by molar-refractivity contribution is 0.0707. The lowest BCUT2D eigenvalue weighted by Gasteiger charge is -2.30. The van der Waals surface area contributed by atoms with Crippen molar-refractivity contribution < 1.29 is 18.4 Å². The molecule has 2 aliphatic rings. The summed E-state index contributed by atoms with van der Waals surface area (Å²) in [6, 6.07) is 9.68. The number of aromatic nitrogens is 4. The number of nitrogens with two attached hydrogens (primary N) is 2. The predicted octanol–water partition coefficient (Wildman–Crippen LogP) is 4.99. The van der Waals surface area contributed by atoms with Gasteiger partial charge >= 0.3 is 0 Å². The van der Waals surface area contributed by atoms with Crippen molar-refractivity contribution in [1.29, 1.82) is 0 Å². The second-order valence-corrected chi connectivity index (χ2v) is 12.2. The van der Waals surface area contributed by atoms with Crippen LogP contribution in [0.4, 0.5) is 8.78 Å². The van der Waals surface area contributed by atoms with Crippen LogP contribution in [0.2, 0.25) is 0 Å². The molecule has 44 heavy (non-hydrogen) atoms. The molecule has 4 N–H and O–H groups in total. The minimum atomic E-state index is -0.824. The summed E-state index contributed by atoms with van der Waals surface area (Å²) in [6.45, 7) is 5.36. The largest absolute Gasteiger partial charge is 0.366 e. The molecule has 1 aliphatic heterocycles. The number of carbonyl (C=O) groups excluding carboxylic acids is 2. The zero-order valence-corrected chi connectivity index (χ0v) is 24.6. The van der Waals surface area contributed by atoms with Gasteiger partial charge in [-0.3, -0.25) is 9.59 Å². The molecule has 9 nitrogen and oxygen atoms in total. The molecular weight excluding hydrogens is 564 g/mol. The second kappa shape index (κ2) is 10.5. The standard InChI is InChI=1S/C33H33F2N7O2/c1-17-10-24(31(37)43)25(34)13-23(17)27-8-7-20-12-28(41(32(20)38-27)14-19-5-6-19)29-18(2)30-26(35)11-21(15-42(30)39-29)33(44)40-9-3-4-22(36)16-40/h7-8,10-13,15,19,22H,3-6,9,14,16,36H2,1-2H3,(H2,37,43)/t22-/m1/s1. The Morgan fingerprint density at radius 1 is 1.05 bits per heavy atom. The molecule has 5 aromatic rings. The van der Waals surface area contributed by atoms with Gasteiger partial charge in [-0.25, -0.2) is 18.3 Å². The Balaban J connectivity index is 1.33. The van der Waals surface area contributed by atoms with Gasteiger partial charge in [-0.15, -0.1) is 0 Å². The zero-order valence-electron chi connectivity index (χ0n) is 24.6. The maximum absolute atomic E-state index is 15.6. The highest BCUT2D eigenvalue weighted by molar-refractivity contribution is 5.95. The van der Waals surface area contributed by atoms with Gasteiger partial charge in [0, 0.05) is 48.4 Å². The molecule has 1 aromatic carbocycles. The van der Waals surface area contributed by atoms with Crippen molar-refractivity contribution in [3.05, 3.63) is 76.5 Å². The Kier molecular flexibility index (Phi) is 6.73. The molecule has 4 aromatic heterocycles. The topological polar surface area (TPSA) is 125 Å². The summed E-state index contributed by atoms with van der Waals surface area (Å²) < 4.78 is 33.9. The molecule has 5 heterocycles. The van der Waals surface area contributed by atoms with Crippen molar-refractivity contribution >= 4 is 28.4 Å². The van der Waals surface area contributed by atoms with Gasteiger partial charge in [0.25, 0.3) is 11.8 Å². The highest BCUT2D eigenvalue weighted by atomic mass is 19.1. The number of rotatable bonds is 6. The number of fused-ring (bicyclic) bond motifs is 2. The van der Waals surface area contributed by atoms with E-state index in [1.807, 2.05) is 25.1 Å². The first kappa shape index (κ1) is 28.1. The fraction of sp³-hybridized carbons (Fsp3) is 0.333. The number of amides is 2. The Morgan fingerprint density at radius 3 is 2.57 bits per heavy atom. The maximum Gasteiger partial charge on any atom is 0.255 e. The van der Waals surface area contributed by atoms with Gasteiger partial charge in [-0.2, -0.15) is 5.10 Å². The van der Waals surface area contributed by atoms with Crippen LogP contribution >= 0.6 is 0 Å². The van der Waals surface area contributed by atoms with E-state index < -0.39 is 17.5 Å². The fourth-order valence-electron chi connectivity index (χ4n) is 6.37. The summed E-state index contributed by atoms with van der Waals surface area (Å²) in [7, 11) is 0. The first-order valence-electron chi connectivity index (χ1n) is 14.9. The molecule has 1 saturated carbocycles. The number of hydrogen-bond acceptors (Lipinski definition) is 5. The molecule has 226 valence electrons. The lowest BCUT2D eigenvalue weighted by Crippen LogP contribution is -2.45. The third-order valence-corrected chi connectivity index (χ3v) is 8.89. The fourth-order valence-corrected chi connectivity index (χ4v) is 6.37. The average Bonchev–Trinajstić information content (AvgIpc) is 3.66. The summed E-state index contributed by atoms with van der Waals surface area (Å²) >= 11 is 0. The van der Waals surface area contributed by atoms with E-state index in [0.717, 1.165) is 36.8 Å². The molecule has 11 heteroatoms. The van der Waals surface area contributed by atoms with Crippen LogP contribution in [0.5, 0.6) is 0 Å². The van der Waals surface area contributed by atoms with Crippen LogP contribution in [0.3, 0.4) is 0 Å². The number of nitrogens with zero attached hydrogens (tertiary/aromatic N) is 5. The number of hydrogen-bond donors (Lipinski definition) is 2. The maximum atomic E-state index is 15.6. The molecule has 1 saturated heterocycles. The van der Waals surface area contributed by atoms with Crippen molar-refractivity contribution in [2.45, 2.75) is 52.1 Å². The Hall–Kier alpha value is -4.64.